The summed E-state index contributed by atoms with van der Waals surface area (Å²) in [5.41, 5.74) is 0. The molecule has 1 saturated heterocycles. The molecule has 0 spiro atoms. The van der Waals surface area contributed by atoms with Crippen LogP contribution in [0.4, 0.5) is 0 Å². The maximum Gasteiger partial charge on any atom is 0.0599 e. The fourth-order valence-corrected chi connectivity index (χ4v) is 1.47. The number of nitrogens with one attached hydrogen (secondary N) is 2. The predicted octanol–water partition coefficient (Wildman–Crippen LogP) is -0.681. The second-order valence-electron chi connectivity index (χ2n) is 2.78. The van der Waals surface area contributed by atoms with E-state index >= 15 is 0 Å². The Bertz CT molecular complexity index is 87.6. The number of hydrogen-bond acceptors (Lipinski definition) is 3. The maximum atomic E-state index is 8.88. The van der Waals surface area contributed by atoms with E-state index in [2.05, 4.69) is 10.6 Å². The molecule has 1 rings (SSSR count). The van der Waals surface area contributed by atoms with Crippen LogP contribution < -0.4 is 10.6 Å². The summed E-state index contributed by atoms with van der Waals surface area (Å²) >= 11 is 0. The first kappa shape index (κ1) is 7.98. The number of likely N-dealkylation sites (N-methyl/N-ethyl adjacent to an activating group) is 1. The molecule has 0 aromatic heterocycles. The molecule has 0 bridgehead atoms. The minimum atomic E-state index is 0.230. The largest absolute Gasteiger partial charge is 0.395 e. The first-order valence-electron chi connectivity index (χ1n) is 3.90. The standard InChI is InChI=1S/C7H16N2O/c1-8-7(5-10)6-3-2-4-9-6/h6-10H,2-5H2,1H3. The molecular formula is C7H16N2O. The van der Waals surface area contributed by atoms with E-state index in [0.29, 0.717) is 6.04 Å². The first-order chi connectivity index (χ1) is 4.88. The van der Waals surface area contributed by atoms with Crippen molar-refractivity contribution in [3.63, 3.8) is 0 Å². The van der Waals surface area contributed by atoms with Gasteiger partial charge in [-0.15, -0.1) is 0 Å². The molecule has 3 nitrogen and oxygen atoms in total. The van der Waals surface area contributed by atoms with Crippen molar-refractivity contribution in [2.75, 3.05) is 20.2 Å². The van der Waals surface area contributed by atoms with Crippen molar-refractivity contribution in [1.29, 1.82) is 0 Å². The molecular weight excluding hydrogens is 128 g/mol. The summed E-state index contributed by atoms with van der Waals surface area (Å²) in [6.45, 7) is 1.33. The quantitative estimate of drug-likeness (QED) is 0.491. The molecule has 1 heterocycles. The van der Waals surface area contributed by atoms with Gasteiger partial charge >= 0.3 is 0 Å². The van der Waals surface area contributed by atoms with Gasteiger partial charge in [-0.25, -0.2) is 0 Å². The summed E-state index contributed by atoms with van der Waals surface area (Å²) in [6, 6.07) is 0.720. The number of rotatable bonds is 3. The van der Waals surface area contributed by atoms with Crippen molar-refractivity contribution < 1.29 is 5.11 Å². The molecule has 0 aromatic carbocycles. The van der Waals surface area contributed by atoms with Gasteiger partial charge in [-0.2, -0.15) is 0 Å². The average Bonchev–Trinajstić information content (AvgIpc) is 2.43. The van der Waals surface area contributed by atoms with Crippen LogP contribution in [0, 0.1) is 0 Å². The zero-order valence-electron chi connectivity index (χ0n) is 6.43. The van der Waals surface area contributed by atoms with Gasteiger partial charge in [0.1, 0.15) is 0 Å². The van der Waals surface area contributed by atoms with Crippen LogP contribution >= 0.6 is 0 Å². The van der Waals surface area contributed by atoms with Gasteiger partial charge in [0.25, 0.3) is 0 Å². The minimum absolute atomic E-state index is 0.230. The topological polar surface area (TPSA) is 44.3 Å². The van der Waals surface area contributed by atoms with E-state index in [1.165, 1.54) is 12.8 Å². The van der Waals surface area contributed by atoms with Gasteiger partial charge in [-0.05, 0) is 26.4 Å². The Balaban J connectivity index is 2.29. The van der Waals surface area contributed by atoms with Crippen LogP contribution in [-0.4, -0.2) is 37.4 Å². The molecule has 1 aliphatic heterocycles. The minimum Gasteiger partial charge on any atom is -0.395 e. The molecule has 2 unspecified atom stereocenters. The normalized spacial score (nSPS) is 28.8. The summed E-state index contributed by atoms with van der Waals surface area (Å²) in [6.07, 6.45) is 2.43. The Morgan fingerprint density at radius 1 is 1.80 bits per heavy atom. The third-order valence-electron chi connectivity index (χ3n) is 2.15. The molecule has 0 aliphatic carbocycles. The van der Waals surface area contributed by atoms with E-state index in [-0.39, 0.29) is 12.6 Å². The molecule has 0 saturated carbocycles. The Labute approximate surface area is 61.8 Å². The van der Waals surface area contributed by atoms with Crippen LogP contribution in [0.3, 0.4) is 0 Å². The van der Waals surface area contributed by atoms with E-state index < -0.39 is 0 Å². The fraction of sp³-hybridized carbons (Fsp3) is 1.00. The Kier molecular flexibility index (Phi) is 3.12. The van der Waals surface area contributed by atoms with Crippen LogP contribution in [0.2, 0.25) is 0 Å². The molecule has 1 fully saturated rings. The highest BCUT2D eigenvalue weighted by Gasteiger charge is 2.21. The summed E-state index contributed by atoms with van der Waals surface area (Å²) in [5, 5.41) is 15.3. The van der Waals surface area contributed by atoms with E-state index in [1.54, 1.807) is 0 Å². The smallest absolute Gasteiger partial charge is 0.0599 e. The van der Waals surface area contributed by atoms with E-state index in [0.717, 1.165) is 6.54 Å². The second kappa shape index (κ2) is 3.91. The maximum absolute atomic E-state index is 8.88. The van der Waals surface area contributed by atoms with E-state index in [9.17, 15) is 0 Å². The van der Waals surface area contributed by atoms with Crippen molar-refractivity contribution in [3.05, 3.63) is 0 Å². The van der Waals surface area contributed by atoms with Crippen molar-refractivity contribution in [1.82, 2.24) is 10.6 Å². The third kappa shape index (κ3) is 1.68. The van der Waals surface area contributed by atoms with E-state index in [1.807, 2.05) is 7.05 Å². The van der Waals surface area contributed by atoms with Gasteiger partial charge in [0.15, 0.2) is 0 Å². The molecule has 3 N–H and O–H groups in total. The lowest BCUT2D eigenvalue weighted by Gasteiger charge is -2.20. The van der Waals surface area contributed by atoms with Gasteiger partial charge in [0, 0.05) is 12.1 Å². The molecule has 0 aromatic rings. The lowest BCUT2D eigenvalue weighted by molar-refractivity contribution is 0.223. The third-order valence-corrected chi connectivity index (χ3v) is 2.15. The Morgan fingerprint density at radius 2 is 2.60 bits per heavy atom. The number of aliphatic hydroxyl groups is 1. The van der Waals surface area contributed by atoms with Crippen LogP contribution in [0.25, 0.3) is 0 Å². The fourth-order valence-electron chi connectivity index (χ4n) is 1.47. The van der Waals surface area contributed by atoms with Crippen LogP contribution in [0.5, 0.6) is 0 Å². The molecule has 1 aliphatic rings. The van der Waals surface area contributed by atoms with Crippen LogP contribution in [-0.2, 0) is 0 Å². The van der Waals surface area contributed by atoms with Gasteiger partial charge in [0.05, 0.1) is 6.61 Å². The molecule has 3 heteroatoms. The van der Waals surface area contributed by atoms with Gasteiger partial charge in [0.2, 0.25) is 0 Å². The van der Waals surface area contributed by atoms with Crippen LogP contribution in [0.15, 0.2) is 0 Å². The zero-order chi connectivity index (χ0) is 7.40. The highest BCUT2D eigenvalue weighted by atomic mass is 16.3. The number of aliphatic hydroxyl groups excluding tert-OH is 1. The summed E-state index contributed by atoms with van der Waals surface area (Å²) in [5.74, 6) is 0. The lowest BCUT2D eigenvalue weighted by atomic mass is 10.1. The monoisotopic (exact) mass is 144 g/mol. The summed E-state index contributed by atoms with van der Waals surface area (Å²) < 4.78 is 0. The Hall–Kier alpha value is -0.120. The highest BCUT2D eigenvalue weighted by molar-refractivity contribution is 4.84. The zero-order valence-corrected chi connectivity index (χ0v) is 6.43. The highest BCUT2D eigenvalue weighted by Crippen LogP contribution is 2.08. The van der Waals surface area contributed by atoms with Gasteiger partial charge in [-0.3, -0.25) is 0 Å². The van der Waals surface area contributed by atoms with Crippen molar-refractivity contribution in [2.24, 2.45) is 0 Å². The molecule has 0 radical (unpaired) electrons. The average molecular weight is 144 g/mol. The second-order valence-corrected chi connectivity index (χ2v) is 2.78. The van der Waals surface area contributed by atoms with Crippen LogP contribution in [0.1, 0.15) is 12.8 Å². The Morgan fingerprint density at radius 3 is 3.00 bits per heavy atom. The first-order valence-corrected chi connectivity index (χ1v) is 3.90. The summed E-state index contributed by atoms with van der Waals surface area (Å²) in [4.78, 5) is 0. The lowest BCUT2D eigenvalue weighted by Crippen LogP contribution is -2.45. The molecule has 10 heavy (non-hydrogen) atoms. The van der Waals surface area contributed by atoms with Gasteiger partial charge < -0.3 is 15.7 Å². The van der Waals surface area contributed by atoms with E-state index in [4.69, 9.17) is 5.11 Å². The number of hydrogen-bond donors (Lipinski definition) is 3. The molecule has 0 amide bonds. The molecule has 60 valence electrons. The van der Waals surface area contributed by atoms with Gasteiger partial charge in [-0.1, -0.05) is 0 Å². The molecule has 2 atom stereocenters. The van der Waals surface area contributed by atoms with Crippen molar-refractivity contribution in [2.45, 2.75) is 24.9 Å². The predicted molar refractivity (Wildman–Crippen MR) is 41.0 cm³/mol. The SMILES string of the molecule is CNC(CO)C1CCCN1. The van der Waals surface area contributed by atoms with Crippen molar-refractivity contribution in [3.8, 4) is 0 Å². The summed E-state index contributed by atoms with van der Waals surface area (Å²) in [7, 11) is 1.89. The van der Waals surface area contributed by atoms with Crippen molar-refractivity contribution >= 4 is 0 Å².